The van der Waals surface area contributed by atoms with Crippen molar-refractivity contribution in [3.63, 3.8) is 0 Å². The number of benzene rings is 1. The highest BCUT2D eigenvalue weighted by atomic mass is 16.2. The molecule has 3 heterocycles. The van der Waals surface area contributed by atoms with Gasteiger partial charge in [0.05, 0.1) is 11.0 Å². The third-order valence-electron chi connectivity index (χ3n) is 8.90. The molecule has 1 atom stereocenters. The Kier molecular flexibility index (Phi) is 6.05. The molecule has 1 unspecified atom stereocenters. The van der Waals surface area contributed by atoms with Crippen LogP contribution in [0.4, 0.5) is 5.82 Å². The van der Waals surface area contributed by atoms with Crippen molar-refractivity contribution in [3.8, 4) is 0 Å². The second-order valence-corrected chi connectivity index (χ2v) is 11.9. The zero-order valence-corrected chi connectivity index (χ0v) is 22.1. The number of hydrogen-bond acceptors (Lipinski definition) is 3. The van der Waals surface area contributed by atoms with Crippen LogP contribution in [-0.4, -0.2) is 33.8 Å². The zero-order valence-electron chi connectivity index (χ0n) is 22.1. The number of amides is 2. The van der Waals surface area contributed by atoms with Gasteiger partial charge in [0.15, 0.2) is 0 Å². The van der Waals surface area contributed by atoms with Gasteiger partial charge in [-0.25, -0.2) is 4.98 Å². The number of hydrogen-bond donors (Lipinski definition) is 1. The Hall–Kier alpha value is -3.21. The standard InChI is InChI=1S/C32H37N3O2/c1-22(2)17-26-19-31(13-5-3-4-6-14-31)35(29(26)36)16-8-9-23-11-12-24-20-32(21-25(24)18-23)27-10-7-15-33-28(27)34-30(32)37/h7-12,15,18-19,22H,3-6,13-14,16-17,20-21H2,1-2H3,(H,33,34,37)/b9-8+. The highest BCUT2D eigenvalue weighted by Crippen LogP contribution is 2.47. The lowest BCUT2D eigenvalue weighted by atomic mass is 9.79. The van der Waals surface area contributed by atoms with Crippen molar-refractivity contribution in [2.24, 2.45) is 5.92 Å². The summed E-state index contributed by atoms with van der Waals surface area (Å²) in [6.45, 7) is 5.02. The number of carbonyl (C=O) groups is 2. The fraction of sp³-hybridized carbons (Fsp3) is 0.469. The number of aromatic nitrogens is 1. The fourth-order valence-corrected chi connectivity index (χ4v) is 7.13. The van der Waals surface area contributed by atoms with E-state index in [4.69, 9.17) is 0 Å². The molecule has 2 aromatic rings. The van der Waals surface area contributed by atoms with Gasteiger partial charge in [0, 0.05) is 23.9 Å². The van der Waals surface area contributed by atoms with Crippen molar-refractivity contribution in [3.05, 3.63) is 76.5 Å². The van der Waals surface area contributed by atoms with Gasteiger partial charge < -0.3 is 10.2 Å². The number of pyridine rings is 1. The van der Waals surface area contributed by atoms with E-state index in [2.05, 4.69) is 65.5 Å². The Balaban J connectivity index is 1.21. The van der Waals surface area contributed by atoms with E-state index in [0.717, 1.165) is 36.0 Å². The molecule has 1 N–H and O–H groups in total. The number of anilines is 1. The van der Waals surface area contributed by atoms with Crippen LogP contribution < -0.4 is 5.32 Å². The van der Waals surface area contributed by atoms with Gasteiger partial charge in [0.25, 0.3) is 5.91 Å². The molecule has 1 saturated carbocycles. The van der Waals surface area contributed by atoms with E-state index in [0.29, 0.717) is 31.1 Å². The van der Waals surface area contributed by atoms with Crippen molar-refractivity contribution >= 4 is 23.7 Å². The summed E-state index contributed by atoms with van der Waals surface area (Å²) in [7, 11) is 0. The molecular weight excluding hydrogens is 458 g/mol. The summed E-state index contributed by atoms with van der Waals surface area (Å²) >= 11 is 0. The monoisotopic (exact) mass is 495 g/mol. The van der Waals surface area contributed by atoms with Crippen LogP contribution in [0.15, 0.2) is 54.3 Å². The van der Waals surface area contributed by atoms with Crippen LogP contribution in [0.1, 0.15) is 81.0 Å². The molecule has 5 nitrogen and oxygen atoms in total. The predicted molar refractivity (Wildman–Crippen MR) is 147 cm³/mol. The molecule has 0 radical (unpaired) electrons. The van der Waals surface area contributed by atoms with Gasteiger partial charge in [-0.05, 0) is 60.8 Å². The highest BCUT2D eigenvalue weighted by Gasteiger charge is 2.51. The van der Waals surface area contributed by atoms with Gasteiger partial charge in [-0.15, -0.1) is 0 Å². The molecule has 2 aliphatic heterocycles. The fourth-order valence-electron chi connectivity index (χ4n) is 7.13. The topological polar surface area (TPSA) is 62.3 Å². The van der Waals surface area contributed by atoms with E-state index in [9.17, 15) is 9.59 Å². The number of rotatable bonds is 5. The second kappa shape index (κ2) is 9.27. The molecule has 1 aromatic carbocycles. The Bertz CT molecular complexity index is 1300. The van der Waals surface area contributed by atoms with Crippen molar-refractivity contribution in [1.82, 2.24) is 9.88 Å². The average molecular weight is 496 g/mol. The molecule has 1 aromatic heterocycles. The SMILES string of the molecule is CC(C)CC1=CC2(CCCCCC2)N(C/C=C/c2ccc3c(c2)CC2(C3)C(=O)Nc3ncccc32)C1=O. The maximum atomic E-state index is 13.5. The van der Waals surface area contributed by atoms with Gasteiger partial charge in [-0.3, -0.25) is 9.59 Å². The summed E-state index contributed by atoms with van der Waals surface area (Å²) in [6, 6.07) is 10.5. The predicted octanol–water partition coefficient (Wildman–Crippen LogP) is 5.99. The number of nitrogens with zero attached hydrogens (tertiary/aromatic N) is 2. The zero-order chi connectivity index (χ0) is 25.6. The Labute approximate surface area is 220 Å². The number of carbonyl (C=O) groups excluding carboxylic acids is 2. The van der Waals surface area contributed by atoms with Crippen LogP contribution in [0.5, 0.6) is 0 Å². The molecule has 192 valence electrons. The van der Waals surface area contributed by atoms with Crippen molar-refractivity contribution < 1.29 is 9.59 Å². The maximum absolute atomic E-state index is 13.5. The molecule has 0 saturated heterocycles. The van der Waals surface area contributed by atoms with Crippen molar-refractivity contribution in [2.75, 3.05) is 11.9 Å². The van der Waals surface area contributed by atoms with Gasteiger partial charge in [-0.1, -0.05) is 82.0 Å². The lowest BCUT2D eigenvalue weighted by Gasteiger charge is -2.37. The summed E-state index contributed by atoms with van der Waals surface area (Å²) in [5.74, 6) is 1.47. The Morgan fingerprint density at radius 1 is 1.05 bits per heavy atom. The third-order valence-corrected chi connectivity index (χ3v) is 8.90. The molecule has 2 aliphatic carbocycles. The van der Waals surface area contributed by atoms with E-state index in [1.54, 1.807) is 6.20 Å². The highest BCUT2D eigenvalue weighted by molar-refractivity contribution is 6.06. The van der Waals surface area contributed by atoms with Crippen LogP contribution in [-0.2, 0) is 27.8 Å². The molecule has 1 fully saturated rings. The van der Waals surface area contributed by atoms with Crippen LogP contribution in [0.25, 0.3) is 6.08 Å². The normalized spacial score (nSPS) is 24.2. The number of nitrogens with one attached hydrogen (secondary N) is 1. The first kappa shape index (κ1) is 24.1. The summed E-state index contributed by atoms with van der Waals surface area (Å²) in [5, 5.41) is 2.99. The summed E-state index contributed by atoms with van der Waals surface area (Å²) in [6.07, 6.45) is 17.7. The minimum Gasteiger partial charge on any atom is -0.326 e. The summed E-state index contributed by atoms with van der Waals surface area (Å²) < 4.78 is 0. The van der Waals surface area contributed by atoms with E-state index in [1.807, 2.05) is 12.1 Å². The molecule has 6 rings (SSSR count). The van der Waals surface area contributed by atoms with Gasteiger partial charge in [-0.2, -0.15) is 0 Å². The first-order valence-electron chi connectivity index (χ1n) is 14.0. The maximum Gasteiger partial charge on any atom is 0.250 e. The van der Waals surface area contributed by atoms with E-state index in [1.165, 1.54) is 36.8 Å². The van der Waals surface area contributed by atoms with E-state index >= 15 is 0 Å². The lowest BCUT2D eigenvalue weighted by Crippen LogP contribution is -2.46. The van der Waals surface area contributed by atoms with Gasteiger partial charge in [0.1, 0.15) is 5.82 Å². The number of fused-ring (bicyclic) bond motifs is 3. The molecule has 2 amide bonds. The lowest BCUT2D eigenvalue weighted by molar-refractivity contribution is -0.129. The average Bonchev–Trinajstić information content (AvgIpc) is 3.38. The van der Waals surface area contributed by atoms with Crippen LogP contribution in [0.2, 0.25) is 0 Å². The Morgan fingerprint density at radius 3 is 2.62 bits per heavy atom. The minimum absolute atomic E-state index is 0.0560. The smallest absolute Gasteiger partial charge is 0.250 e. The van der Waals surface area contributed by atoms with Crippen LogP contribution in [0, 0.1) is 5.92 Å². The molecular formula is C32H37N3O2. The quantitative estimate of drug-likeness (QED) is 0.554. The largest absolute Gasteiger partial charge is 0.326 e. The molecule has 0 bridgehead atoms. The van der Waals surface area contributed by atoms with Gasteiger partial charge in [0.2, 0.25) is 5.91 Å². The first-order chi connectivity index (χ1) is 17.9. The van der Waals surface area contributed by atoms with Crippen molar-refractivity contribution in [1.29, 1.82) is 0 Å². The van der Waals surface area contributed by atoms with Crippen molar-refractivity contribution in [2.45, 2.75) is 82.6 Å². The molecule has 2 spiro atoms. The molecule has 5 heteroatoms. The van der Waals surface area contributed by atoms with Crippen LogP contribution >= 0.6 is 0 Å². The second-order valence-electron chi connectivity index (χ2n) is 11.9. The van der Waals surface area contributed by atoms with E-state index < -0.39 is 5.41 Å². The minimum atomic E-state index is -0.541. The summed E-state index contributed by atoms with van der Waals surface area (Å²) in [4.78, 5) is 33.0. The van der Waals surface area contributed by atoms with Crippen LogP contribution in [0.3, 0.4) is 0 Å². The first-order valence-corrected chi connectivity index (χ1v) is 14.0. The van der Waals surface area contributed by atoms with E-state index in [-0.39, 0.29) is 17.4 Å². The summed E-state index contributed by atoms with van der Waals surface area (Å²) in [5.41, 5.74) is 4.96. The third kappa shape index (κ3) is 4.13. The molecule has 37 heavy (non-hydrogen) atoms. The van der Waals surface area contributed by atoms with Gasteiger partial charge >= 0.3 is 0 Å². The molecule has 4 aliphatic rings. The Morgan fingerprint density at radius 2 is 1.84 bits per heavy atom.